The summed E-state index contributed by atoms with van der Waals surface area (Å²) in [6, 6.07) is 15.2. The van der Waals surface area contributed by atoms with E-state index in [0.29, 0.717) is 11.3 Å². The number of rotatable bonds is 6. The number of hydrogen-bond donors (Lipinski definition) is 1. The molecule has 0 unspecified atom stereocenters. The molecular weight excluding hydrogens is 364 g/mol. The van der Waals surface area contributed by atoms with E-state index in [1.165, 1.54) is 11.1 Å². The molecule has 6 heteroatoms. The molecule has 0 radical (unpaired) electrons. The Kier molecular flexibility index (Phi) is 6.86. The van der Waals surface area contributed by atoms with Crippen molar-refractivity contribution in [1.29, 1.82) is 5.26 Å². The molecular formula is C23H28N4O2. The first-order chi connectivity index (χ1) is 14.0. The third-order valence-corrected chi connectivity index (χ3v) is 5.47. The molecule has 1 fully saturated rings. The Morgan fingerprint density at radius 3 is 2.62 bits per heavy atom. The molecule has 2 aromatic rings. The molecule has 1 atom stereocenters. The Hall–Kier alpha value is -2.88. The van der Waals surface area contributed by atoms with Crippen LogP contribution in [0.15, 0.2) is 42.5 Å². The molecule has 2 aromatic carbocycles. The van der Waals surface area contributed by atoms with Crippen LogP contribution in [-0.4, -0.2) is 55.0 Å². The van der Waals surface area contributed by atoms with Crippen LogP contribution in [0.3, 0.4) is 0 Å². The summed E-state index contributed by atoms with van der Waals surface area (Å²) >= 11 is 0. The third-order valence-electron chi connectivity index (χ3n) is 5.47. The van der Waals surface area contributed by atoms with E-state index in [4.69, 9.17) is 4.74 Å². The fourth-order valence-electron chi connectivity index (χ4n) is 3.67. The number of amides is 1. The van der Waals surface area contributed by atoms with Gasteiger partial charge in [-0.1, -0.05) is 29.8 Å². The largest absolute Gasteiger partial charge is 0.496 e. The molecule has 0 bridgehead atoms. The Bertz CT molecular complexity index is 898. The molecule has 0 saturated carbocycles. The number of nitriles is 1. The van der Waals surface area contributed by atoms with Crippen LogP contribution < -0.4 is 10.1 Å². The van der Waals surface area contributed by atoms with Crippen molar-refractivity contribution in [2.45, 2.75) is 26.4 Å². The first-order valence-corrected chi connectivity index (χ1v) is 9.91. The monoisotopic (exact) mass is 392 g/mol. The number of para-hydroxylation sites is 1. The van der Waals surface area contributed by atoms with E-state index < -0.39 is 0 Å². The quantitative estimate of drug-likeness (QED) is 0.818. The molecule has 29 heavy (non-hydrogen) atoms. The second kappa shape index (κ2) is 9.55. The molecule has 1 N–H and O–H groups in total. The van der Waals surface area contributed by atoms with Gasteiger partial charge < -0.3 is 10.1 Å². The Morgan fingerprint density at radius 2 is 1.93 bits per heavy atom. The normalized spacial score (nSPS) is 16.1. The zero-order chi connectivity index (χ0) is 20.8. The molecule has 1 heterocycles. The predicted molar refractivity (Wildman–Crippen MR) is 114 cm³/mol. The van der Waals surface area contributed by atoms with E-state index in [1.54, 1.807) is 25.3 Å². The maximum atomic E-state index is 12.7. The van der Waals surface area contributed by atoms with Gasteiger partial charge in [0.2, 0.25) is 5.91 Å². The summed E-state index contributed by atoms with van der Waals surface area (Å²) in [4.78, 5) is 17.3. The number of nitrogens with zero attached hydrogens (tertiary/aromatic N) is 3. The highest BCUT2D eigenvalue weighted by Gasteiger charge is 2.26. The summed E-state index contributed by atoms with van der Waals surface area (Å²) in [6.07, 6.45) is 0. The average molecular weight is 393 g/mol. The molecule has 0 aromatic heterocycles. The molecule has 3 rings (SSSR count). The van der Waals surface area contributed by atoms with Gasteiger partial charge in [-0.05, 0) is 32.0 Å². The SMILES string of the molecule is COc1ccc(C)cc1CN1CCN([C@H](C)C(=O)Nc2ccccc2C#N)CC1. The van der Waals surface area contributed by atoms with Crippen LogP contribution in [0, 0.1) is 18.3 Å². The van der Waals surface area contributed by atoms with Crippen LogP contribution in [0.2, 0.25) is 0 Å². The van der Waals surface area contributed by atoms with E-state index in [0.717, 1.165) is 38.5 Å². The van der Waals surface area contributed by atoms with Crippen molar-refractivity contribution in [3.63, 3.8) is 0 Å². The number of carbonyl (C=O) groups is 1. The zero-order valence-electron chi connectivity index (χ0n) is 17.3. The maximum Gasteiger partial charge on any atom is 0.241 e. The molecule has 0 spiro atoms. The summed E-state index contributed by atoms with van der Waals surface area (Å²) in [5.41, 5.74) is 3.46. The van der Waals surface area contributed by atoms with Crippen molar-refractivity contribution >= 4 is 11.6 Å². The number of piperazine rings is 1. The minimum atomic E-state index is -0.252. The number of ether oxygens (including phenoxy) is 1. The van der Waals surface area contributed by atoms with Crippen LogP contribution in [0.5, 0.6) is 5.75 Å². The number of anilines is 1. The average Bonchev–Trinajstić information content (AvgIpc) is 2.74. The van der Waals surface area contributed by atoms with Crippen LogP contribution in [0.4, 0.5) is 5.69 Å². The van der Waals surface area contributed by atoms with Gasteiger partial charge in [0.1, 0.15) is 11.8 Å². The topological polar surface area (TPSA) is 68.6 Å². The fraction of sp³-hybridized carbons (Fsp3) is 0.391. The van der Waals surface area contributed by atoms with E-state index in [9.17, 15) is 10.1 Å². The molecule has 1 amide bonds. The summed E-state index contributed by atoms with van der Waals surface area (Å²) in [6.45, 7) is 8.28. The van der Waals surface area contributed by atoms with Crippen molar-refractivity contribution < 1.29 is 9.53 Å². The number of methoxy groups -OCH3 is 1. The van der Waals surface area contributed by atoms with E-state index in [1.807, 2.05) is 19.1 Å². The van der Waals surface area contributed by atoms with Crippen molar-refractivity contribution in [2.24, 2.45) is 0 Å². The summed E-state index contributed by atoms with van der Waals surface area (Å²) in [5, 5.41) is 12.1. The molecule has 0 aliphatic carbocycles. The van der Waals surface area contributed by atoms with Crippen molar-refractivity contribution in [1.82, 2.24) is 9.80 Å². The van der Waals surface area contributed by atoms with Crippen molar-refractivity contribution in [2.75, 3.05) is 38.6 Å². The van der Waals surface area contributed by atoms with E-state index >= 15 is 0 Å². The van der Waals surface area contributed by atoms with Gasteiger partial charge >= 0.3 is 0 Å². The molecule has 1 aliphatic rings. The number of benzene rings is 2. The number of nitrogens with one attached hydrogen (secondary N) is 1. The Labute approximate surface area is 172 Å². The maximum absolute atomic E-state index is 12.7. The van der Waals surface area contributed by atoms with Gasteiger partial charge in [0.15, 0.2) is 0 Å². The lowest BCUT2D eigenvalue weighted by atomic mass is 10.1. The number of carbonyl (C=O) groups excluding carboxylic acids is 1. The van der Waals surface area contributed by atoms with Gasteiger partial charge in [0.05, 0.1) is 24.4 Å². The van der Waals surface area contributed by atoms with Gasteiger partial charge in [0, 0.05) is 38.3 Å². The van der Waals surface area contributed by atoms with Gasteiger partial charge in [0.25, 0.3) is 0 Å². The summed E-state index contributed by atoms with van der Waals surface area (Å²) < 4.78 is 5.50. The minimum Gasteiger partial charge on any atom is -0.496 e. The van der Waals surface area contributed by atoms with E-state index in [2.05, 4.69) is 40.2 Å². The lowest BCUT2D eigenvalue weighted by Crippen LogP contribution is -2.52. The second-order valence-electron chi connectivity index (χ2n) is 7.45. The van der Waals surface area contributed by atoms with Crippen LogP contribution in [0.1, 0.15) is 23.6 Å². The van der Waals surface area contributed by atoms with Gasteiger partial charge in [-0.25, -0.2) is 0 Å². The summed E-state index contributed by atoms with van der Waals surface area (Å²) in [7, 11) is 1.71. The minimum absolute atomic E-state index is 0.0819. The van der Waals surface area contributed by atoms with Crippen molar-refractivity contribution in [3.8, 4) is 11.8 Å². The Morgan fingerprint density at radius 1 is 1.21 bits per heavy atom. The third kappa shape index (κ3) is 5.14. The van der Waals surface area contributed by atoms with Crippen molar-refractivity contribution in [3.05, 3.63) is 59.2 Å². The number of aryl methyl sites for hydroxylation is 1. The molecule has 1 aliphatic heterocycles. The van der Waals surface area contributed by atoms with Crippen LogP contribution in [0.25, 0.3) is 0 Å². The molecule has 6 nitrogen and oxygen atoms in total. The first kappa shape index (κ1) is 20.8. The highest BCUT2D eigenvalue weighted by atomic mass is 16.5. The van der Waals surface area contributed by atoms with Crippen LogP contribution >= 0.6 is 0 Å². The second-order valence-corrected chi connectivity index (χ2v) is 7.45. The number of hydrogen-bond acceptors (Lipinski definition) is 5. The smallest absolute Gasteiger partial charge is 0.241 e. The predicted octanol–water partition coefficient (Wildman–Crippen LogP) is 3.02. The van der Waals surface area contributed by atoms with E-state index in [-0.39, 0.29) is 11.9 Å². The highest BCUT2D eigenvalue weighted by molar-refractivity contribution is 5.95. The highest BCUT2D eigenvalue weighted by Crippen LogP contribution is 2.22. The zero-order valence-corrected chi connectivity index (χ0v) is 17.3. The standard InChI is InChI=1S/C23H28N4O2/c1-17-8-9-22(29-3)20(14-17)16-26-10-12-27(13-11-26)18(2)23(28)25-21-7-5-4-6-19(21)15-24/h4-9,14,18H,10-13,16H2,1-3H3,(H,25,28)/t18-/m1/s1. The molecule has 152 valence electrons. The first-order valence-electron chi connectivity index (χ1n) is 9.91. The lowest BCUT2D eigenvalue weighted by molar-refractivity contribution is -0.121. The van der Waals surface area contributed by atoms with Gasteiger partial charge in [-0.2, -0.15) is 5.26 Å². The summed E-state index contributed by atoms with van der Waals surface area (Å²) in [5.74, 6) is 0.837. The van der Waals surface area contributed by atoms with Gasteiger partial charge in [-0.15, -0.1) is 0 Å². The van der Waals surface area contributed by atoms with Gasteiger partial charge in [-0.3, -0.25) is 14.6 Å². The molecule has 1 saturated heterocycles. The Balaban J connectivity index is 1.55. The van der Waals surface area contributed by atoms with Crippen LogP contribution in [-0.2, 0) is 11.3 Å². The fourth-order valence-corrected chi connectivity index (χ4v) is 3.67. The lowest BCUT2D eigenvalue weighted by Gasteiger charge is -2.37.